The Kier molecular flexibility index (Phi) is 5.43. The molecule has 0 saturated carbocycles. The van der Waals surface area contributed by atoms with E-state index >= 15 is 0 Å². The minimum Gasteiger partial charge on any atom is -0.491 e. The standard InChI is InChI=1S/C12H20N2O3S/c1-3-10(2)17-12-6-4-5-11(9-12)14-7-8-18(13,15)16/h4-6,9-10,14H,3,7-8H2,1-2H3,(H2,13,15,16). The van der Waals surface area contributed by atoms with Crippen molar-refractivity contribution < 1.29 is 13.2 Å². The Balaban J connectivity index is 2.54. The Bertz CT molecular complexity index is 474. The summed E-state index contributed by atoms with van der Waals surface area (Å²) in [5.41, 5.74) is 0.819. The summed E-state index contributed by atoms with van der Waals surface area (Å²) in [7, 11) is -3.42. The van der Waals surface area contributed by atoms with E-state index in [0.717, 1.165) is 17.9 Å². The van der Waals surface area contributed by atoms with Gasteiger partial charge in [-0.15, -0.1) is 0 Å². The molecular weight excluding hydrogens is 252 g/mol. The van der Waals surface area contributed by atoms with Crippen LogP contribution in [0, 0.1) is 0 Å². The molecule has 0 aliphatic carbocycles. The van der Waals surface area contributed by atoms with Crippen molar-refractivity contribution in [3.8, 4) is 5.75 Å². The van der Waals surface area contributed by atoms with E-state index in [0.29, 0.717) is 0 Å². The lowest BCUT2D eigenvalue weighted by Gasteiger charge is -2.13. The molecule has 1 aromatic rings. The topological polar surface area (TPSA) is 81.4 Å². The van der Waals surface area contributed by atoms with Gasteiger partial charge in [-0.3, -0.25) is 0 Å². The highest BCUT2D eigenvalue weighted by molar-refractivity contribution is 7.89. The molecule has 1 unspecified atom stereocenters. The van der Waals surface area contributed by atoms with Crippen LogP contribution < -0.4 is 15.2 Å². The fourth-order valence-electron chi connectivity index (χ4n) is 1.33. The quantitative estimate of drug-likeness (QED) is 0.789. The number of anilines is 1. The van der Waals surface area contributed by atoms with Gasteiger partial charge in [-0.1, -0.05) is 13.0 Å². The van der Waals surface area contributed by atoms with Crippen LogP contribution in [0.3, 0.4) is 0 Å². The number of hydrogen-bond acceptors (Lipinski definition) is 4. The maximum Gasteiger partial charge on any atom is 0.210 e. The summed E-state index contributed by atoms with van der Waals surface area (Å²) in [6.45, 7) is 4.34. The summed E-state index contributed by atoms with van der Waals surface area (Å²) in [5, 5.41) is 7.91. The van der Waals surface area contributed by atoms with Gasteiger partial charge in [0.05, 0.1) is 11.9 Å². The summed E-state index contributed by atoms with van der Waals surface area (Å²) in [5.74, 6) is 0.675. The van der Waals surface area contributed by atoms with Crippen LogP contribution in [0.25, 0.3) is 0 Å². The van der Waals surface area contributed by atoms with Gasteiger partial charge < -0.3 is 10.1 Å². The van der Waals surface area contributed by atoms with Crippen LogP contribution in [0.1, 0.15) is 20.3 Å². The van der Waals surface area contributed by atoms with E-state index in [-0.39, 0.29) is 18.4 Å². The van der Waals surface area contributed by atoms with Gasteiger partial charge in [-0.2, -0.15) is 0 Å². The highest BCUT2D eigenvalue weighted by Gasteiger charge is 2.04. The lowest BCUT2D eigenvalue weighted by molar-refractivity contribution is 0.217. The minimum absolute atomic E-state index is 0.0938. The van der Waals surface area contributed by atoms with Crippen molar-refractivity contribution in [3.05, 3.63) is 24.3 Å². The number of nitrogens with one attached hydrogen (secondary N) is 1. The van der Waals surface area contributed by atoms with E-state index in [2.05, 4.69) is 12.2 Å². The maximum atomic E-state index is 10.8. The largest absolute Gasteiger partial charge is 0.491 e. The number of sulfonamides is 1. The third kappa shape index (κ3) is 5.88. The number of ether oxygens (including phenoxy) is 1. The van der Waals surface area contributed by atoms with Gasteiger partial charge in [-0.25, -0.2) is 13.6 Å². The molecule has 0 amide bonds. The van der Waals surface area contributed by atoms with Crippen molar-refractivity contribution in [1.29, 1.82) is 0 Å². The molecule has 0 radical (unpaired) electrons. The molecule has 0 aliphatic rings. The van der Waals surface area contributed by atoms with Gasteiger partial charge in [0.15, 0.2) is 0 Å². The van der Waals surface area contributed by atoms with Gasteiger partial charge in [0.2, 0.25) is 10.0 Å². The van der Waals surface area contributed by atoms with Crippen LogP contribution in [0.2, 0.25) is 0 Å². The Morgan fingerprint density at radius 1 is 1.44 bits per heavy atom. The molecule has 3 N–H and O–H groups in total. The van der Waals surface area contributed by atoms with Crippen molar-refractivity contribution in [3.63, 3.8) is 0 Å². The van der Waals surface area contributed by atoms with Crippen LogP contribution in [-0.4, -0.2) is 26.8 Å². The summed E-state index contributed by atoms with van der Waals surface area (Å²) in [4.78, 5) is 0. The minimum atomic E-state index is -3.42. The average Bonchev–Trinajstić information content (AvgIpc) is 2.27. The molecule has 0 saturated heterocycles. The van der Waals surface area contributed by atoms with Gasteiger partial charge in [0, 0.05) is 18.3 Å². The van der Waals surface area contributed by atoms with Gasteiger partial charge in [0.1, 0.15) is 5.75 Å². The molecule has 1 rings (SSSR count). The number of benzene rings is 1. The average molecular weight is 272 g/mol. The maximum absolute atomic E-state index is 10.8. The second-order valence-corrected chi connectivity index (χ2v) is 5.89. The fraction of sp³-hybridized carbons (Fsp3) is 0.500. The van der Waals surface area contributed by atoms with E-state index in [1.165, 1.54) is 0 Å². The number of nitrogens with two attached hydrogens (primary N) is 1. The Labute approximate surface area is 108 Å². The van der Waals surface area contributed by atoms with E-state index in [4.69, 9.17) is 9.88 Å². The molecule has 0 bridgehead atoms. The lowest BCUT2D eigenvalue weighted by Crippen LogP contribution is -2.22. The Morgan fingerprint density at radius 3 is 2.78 bits per heavy atom. The van der Waals surface area contributed by atoms with Crippen molar-refractivity contribution >= 4 is 15.7 Å². The lowest BCUT2D eigenvalue weighted by atomic mass is 10.3. The number of primary sulfonamides is 1. The molecule has 0 aliphatic heterocycles. The summed E-state index contributed by atoms with van der Waals surface area (Å²) in [6, 6.07) is 7.43. The second-order valence-electron chi connectivity index (χ2n) is 4.16. The first-order chi connectivity index (χ1) is 8.40. The molecule has 18 heavy (non-hydrogen) atoms. The van der Waals surface area contributed by atoms with Gasteiger partial charge >= 0.3 is 0 Å². The zero-order chi connectivity index (χ0) is 13.6. The predicted molar refractivity (Wildman–Crippen MR) is 73.3 cm³/mol. The van der Waals surface area contributed by atoms with Gasteiger partial charge in [-0.05, 0) is 25.5 Å². The Morgan fingerprint density at radius 2 is 2.17 bits per heavy atom. The second kappa shape index (κ2) is 6.61. The first kappa shape index (κ1) is 14.8. The highest BCUT2D eigenvalue weighted by Crippen LogP contribution is 2.18. The monoisotopic (exact) mass is 272 g/mol. The van der Waals surface area contributed by atoms with Crippen molar-refractivity contribution in [1.82, 2.24) is 0 Å². The fourth-order valence-corrected chi connectivity index (χ4v) is 1.72. The van der Waals surface area contributed by atoms with Crippen molar-refractivity contribution in [2.45, 2.75) is 26.4 Å². The van der Waals surface area contributed by atoms with E-state index in [1.54, 1.807) is 0 Å². The van der Waals surface area contributed by atoms with Crippen LogP contribution in [0.15, 0.2) is 24.3 Å². The molecule has 0 spiro atoms. The highest BCUT2D eigenvalue weighted by atomic mass is 32.2. The van der Waals surface area contributed by atoms with Crippen molar-refractivity contribution in [2.75, 3.05) is 17.6 Å². The van der Waals surface area contributed by atoms with E-state index in [9.17, 15) is 8.42 Å². The zero-order valence-electron chi connectivity index (χ0n) is 10.7. The number of rotatable bonds is 7. The van der Waals surface area contributed by atoms with Crippen LogP contribution in [0.5, 0.6) is 5.75 Å². The van der Waals surface area contributed by atoms with Crippen LogP contribution >= 0.6 is 0 Å². The molecule has 6 heteroatoms. The Hall–Kier alpha value is -1.27. The zero-order valence-corrected chi connectivity index (χ0v) is 11.5. The number of hydrogen-bond donors (Lipinski definition) is 2. The normalized spacial score (nSPS) is 13.1. The third-order valence-corrected chi connectivity index (χ3v) is 3.24. The smallest absolute Gasteiger partial charge is 0.210 e. The van der Waals surface area contributed by atoms with E-state index < -0.39 is 10.0 Å². The molecular formula is C12H20N2O3S. The SMILES string of the molecule is CCC(C)Oc1cccc(NCCS(N)(=O)=O)c1. The molecule has 0 fully saturated rings. The van der Waals surface area contributed by atoms with Crippen LogP contribution in [-0.2, 0) is 10.0 Å². The van der Waals surface area contributed by atoms with Crippen LogP contribution in [0.4, 0.5) is 5.69 Å². The summed E-state index contributed by atoms with van der Waals surface area (Å²) < 4.78 is 27.2. The molecule has 0 heterocycles. The first-order valence-electron chi connectivity index (χ1n) is 5.92. The third-order valence-electron chi connectivity index (χ3n) is 2.46. The molecule has 102 valence electrons. The predicted octanol–water partition coefficient (Wildman–Crippen LogP) is 1.56. The molecule has 1 atom stereocenters. The summed E-state index contributed by atoms with van der Waals surface area (Å²) in [6.07, 6.45) is 1.09. The molecule has 1 aromatic carbocycles. The van der Waals surface area contributed by atoms with E-state index in [1.807, 2.05) is 31.2 Å². The first-order valence-corrected chi connectivity index (χ1v) is 7.63. The molecule has 5 nitrogen and oxygen atoms in total. The summed E-state index contributed by atoms with van der Waals surface area (Å²) >= 11 is 0. The van der Waals surface area contributed by atoms with Gasteiger partial charge in [0.25, 0.3) is 0 Å². The molecule has 0 aromatic heterocycles. The van der Waals surface area contributed by atoms with Crippen molar-refractivity contribution in [2.24, 2.45) is 5.14 Å².